The molecule has 92 valence electrons. The molecule has 0 amide bonds. The molecule has 1 atom stereocenters. The predicted molar refractivity (Wildman–Crippen MR) is 71.8 cm³/mol. The lowest BCUT2D eigenvalue weighted by Crippen LogP contribution is -2.30. The number of carbonyl (C=O) groups excluding carboxylic acids is 1. The van der Waals surface area contributed by atoms with Gasteiger partial charge in [-0.2, -0.15) is 0 Å². The highest BCUT2D eigenvalue weighted by atomic mass is 16.5. The molecule has 0 aliphatic heterocycles. The zero-order valence-corrected chi connectivity index (χ0v) is 10.3. The number of ether oxygens (including phenoxy) is 1. The molecule has 1 unspecified atom stereocenters. The van der Waals surface area contributed by atoms with Crippen LogP contribution in [0.1, 0.15) is 25.7 Å². The first kappa shape index (κ1) is 11.3. The molecule has 0 N–H and O–H groups in total. The highest BCUT2D eigenvalue weighted by molar-refractivity contribution is 5.89. The van der Waals surface area contributed by atoms with E-state index in [0.717, 1.165) is 35.8 Å². The fourth-order valence-electron chi connectivity index (χ4n) is 2.53. The lowest BCUT2D eigenvalue weighted by Gasteiger charge is -2.22. The summed E-state index contributed by atoms with van der Waals surface area (Å²) in [4.78, 5) is 11.8. The molecule has 0 radical (unpaired) electrons. The fourth-order valence-corrected chi connectivity index (χ4v) is 2.53. The van der Waals surface area contributed by atoms with Crippen LogP contribution in [0.5, 0.6) is 5.75 Å². The van der Waals surface area contributed by atoms with Gasteiger partial charge in [0.2, 0.25) is 0 Å². The second-order valence-electron chi connectivity index (χ2n) is 4.80. The lowest BCUT2D eigenvalue weighted by atomic mass is 9.96. The molecule has 0 saturated heterocycles. The van der Waals surface area contributed by atoms with Gasteiger partial charge in [-0.05, 0) is 30.7 Å². The fraction of sp³-hybridized carbons (Fsp3) is 0.312. The van der Waals surface area contributed by atoms with Gasteiger partial charge < -0.3 is 4.74 Å². The Labute approximate surface area is 107 Å². The van der Waals surface area contributed by atoms with Crippen molar-refractivity contribution in [1.82, 2.24) is 0 Å². The molecular weight excluding hydrogens is 224 g/mol. The van der Waals surface area contributed by atoms with E-state index in [4.69, 9.17) is 4.74 Å². The Morgan fingerprint density at radius 1 is 1.00 bits per heavy atom. The van der Waals surface area contributed by atoms with E-state index < -0.39 is 0 Å². The summed E-state index contributed by atoms with van der Waals surface area (Å²) < 4.78 is 5.93. The maximum atomic E-state index is 11.8. The van der Waals surface area contributed by atoms with Crippen LogP contribution >= 0.6 is 0 Å². The minimum Gasteiger partial charge on any atom is -0.482 e. The van der Waals surface area contributed by atoms with E-state index in [1.165, 1.54) is 0 Å². The molecule has 3 rings (SSSR count). The zero-order valence-electron chi connectivity index (χ0n) is 10.3. The summed E-state index contributed by atoms with van der Waals surface area (Å²) in [6.07, 6.45) is 3.36. The Hall–Kier alpha value is -1.83. The van der Waals surface area contributed by atoms with Crippen molar-refractivity contribution in [3.8, 4) is 5.75 Å². The molecule has 18 heavy (non-hydrogen) atoms. The van der Waals surface area contributed by atoms with Crippen molar-refractivity contribution in [2.75, 3.05) is 0 Å². The average Bonchev–Trinajstić information content (AvgIpc) is 2.42. The normalized spacial score (nSPS) is 20.0. The van der Waals surface area contributed by atoms with Crippen LogP contribution in [0.25, 0.3) is 10.8 Å². The Bertz CT molecular complexity index is 569. The molecule has 1 saturated carbocycles. The summed E-state index contributed by atoms with van der Waals surface area (Å²) >= 11 is 0. The van der Waals surface area contributed by atoms with Crippen molar-refractivity contribution >= 4 is 16.6 Å². The highest BCUT2D eigenvalue weighted by Crippen LogP contribution is 2.28. The van der Waals surface area contributed by atoms with Crippen LogP contribution in [0.4, 0.5) is 0 Å². The van der Waals surface area contributed by atoms with E-state index >= 15 is 0 Å². The van der Waals surface area contributed by atoms with Gasteiger partial charge in [-0.25, -0.2) is 0 Å². The van der Waals surface area contributed by atoms with Gasteiger partial charge in [0.1, 0.15) is 5.75 Å². The van der Waals surface area contributed by atoms with E-state index in [9.17, 15) is 4.79 Å². The van der Waals surface area contributed by atoms with E-state index in [1.54, 1.807) is 0 Å². The van der Waals surface area contributed by atoms with Gasteiger partial charge in [0.05, 0.1) is 0 Å². The monoisotopic (exact) mass is 240 g/mol. The standard InChI is InChI=1S/C16H16O2/c17-14-9-3-4-10-16(14)18-15-11-5-7-12-6-1-2-8-13(12)15/h1-2,5-8,11,16H,3-4,9-10H2. The number of fused-ring (bicyclic) bond motifs is 1. The summed E-state index contributed by atoms with van der Waals surface area (Å²) in [6.45, 7) is 0. The van der Waals surface area contributed by atoms with Crippen molar-refractivity contribution in [1.29, 1.82) is 0 Å². The van der Waals surface area contributed by atoms with Crippen LogP contribution in [-0.4, -0.2) is 11.9 Å². The third-order valence-corrected chi connectivity index (χ3v) is 3.52. The zero-order chi connectivity index (χ0) is 12.4. The number of rotatable bonds is 2. The quantitative estimate of drug-likeness (QED) is 0.799. The lowest BCUT2D eigenvalue weighted by molar-refractivity contribution is -0.127. The highest BCUT2D eigenvalue weighted by Gasteiger charge is 2.24. The minimum atomic E-state index is -0.246. The summed E-state index contributed by atoms with van der Waals surface area (Å²) in [7, 11) is 0. The van der Waals surface area contributed by atoms with Gasteiger partial charge in [0, 0.05) is 11.8 Å². The van der Waals surface area contributed by atoms with Crippen molar-refractivity contribution in [2.45, 2.75) is 31.8 Å². The molecule has 0 heterocycles. The Kier molecular flexibility index (Phi) is 3.01. The van der Waals surface area contributed by atoms with E-state index in [2.05, 4.69) is 12.1 Å². The van der Waals surface area contributed by atoms with Crippen LogP contribution < -0.4 is 4.74 Å². The number of Topliss-reactive ketones (excluding diaryl/α,β-unsaturated/α-hetero) is 1. The van der Waals surface area contributed by atoms with Crippen molar-refractivity contribution in [3.63, 3.8) is 0 Å². The molecule has 0 bridgehead atoms. The molecule has 2 aromatic rings. The molecule has 1 aliphatic rings. The van der Waals surface area contributed by atoms with Crippen LogP contribution in [0, 0.1) is 0 Å². The van der Waals surface area contributed by atoms with Crippen molar-refractivity contribution in [2.24, 2.45) is 0 Å². The SMILES string of the molecule is O=C1CCCCC1Oc1cccc2ccccc12. The topological polar surface area (TPSA) is 26.3 Å². The van der Waals surface area contributed by atoms with Crippen LogP contribution in [0.15, 0.2) is 42.5 Å². The minimum absolute atomic E-state index is 0.245. The molecule has 0 aromatic heterocycles. The van der Waals surface area contributed by atoms with Gasteiger partial charge >= 0.3 is 0 Å². The molecule has 1 aliphatic carbocycles. The second-order valence-corrected chi connectivity index (χ2v) is 4.80. The van der Waals surface area contributed by atoms with Gasteiger partial charge in [-0.3, -0.25) is 4.79 Å². The molecular formula is C16H16O2. The van der Waals surface area contributed by atoms with E-state index in [1.807, 2.05) is 30.3 Å². The largest absolute Gasteiger partial charge is 0.482 e. The van der Waals surface area contributed by atoms with Crippen molar-refractivity contribution < 1.29 is 9.53 Å². The van der Waals surface area contributed by atoms with Crippen molar-refractivity contribution in [3.05, 3.63) is 42.5 Å². The average molecular weight is 240 g/mol. The third kappa shape index (κ3) is 2.10. The Morgan fingerprint density at radius 3 is 2.72 bits per heavy atom. The number of ketones is 1. The number of benzene rings is 2. The van der Waals surface area contributed by atoms with Crippen LogP contribution in [0.3, 0.4) is 0 Å². The third-order valence-electron chi connectivity index (χ3n) is 3.52. The molecule has 2 heteroatoms. The van der Waals surface area contributed by atoms with E-state index in [-0.39, 0.29) is 11.9 Å². The summed E-state index contributed by atoms with van der Waals surface area (Å²) in [5.41, 5.74) is 0. The van der Waals surface area contributed by atoms with Crippen LogP contribution in [0.2, 0.25) is 0 Å². The number of carbonyl (C=O) groups is 1. The summed E-state index contributed by atoms with van der Waals surface area (Å²) in [5.74, 6) is 1.07. The molecule has 2 aromatic carbocycles. The predicted octanol–water partition coefficient (Wildman–Crippen LogP) is 3.73. The van der Waals surface area contributed by atoms with Gasteiger partial charge in [-0.15, -0.1) is 0 Å². The Morgan fingerprint density at radius 2 is 1.83 bits per heavy atom. The molecule has 1 fully saturated rings. The maximum absolute atomic E-state index is 11.8. The number of hydrogen-bond acceptors (Lipinski definition) is 2. The molecule has 0 spiro atoms. The van der Waals surface area contributed by atoms with Gasteiger partial charge in [0.25, 0.3) is 0 Å². The summed E-state index contributed by atoms with van der Waals surface area (Å²) in [6, 6.07) is 14.1. The number of hydrogen-bond donors (Lipinski definition) is 0. The molecule has 2 nitrogen and oxygen atoms in total. The smallest absolute Gasteiger partial charge is 0.173 e. The summed E-state index contributed by atoms with van der Waals surface area (Å²) in [5, 5.41) is 2.23. The first-order chi connectivity index (χ1) is 8.84. The van der Waals surface area contributed by atoms with Gasteiger partial charge in [-0.1, -0.05) is 36.4 Å². The second kappa shape index (κ2) is 4.81. The Balaban J connectivity index is 1.92. The van der Waals surface area contributed by atoms with Crippen LogP contribution in [-0.2, 0) is 4.79 Å². The first-order valence-electron chi connectivity index (χ1n) is 6.52. The van der Waals surface area contributed by atoms with Gasteiger partial charge in [0.15, 0.2) is 11.9 Å². The van der Waals surface area contributed by atoms with E-state index in [0.29, 0.717) is 6.42 Å². The first-order valence-corrected chi connectivity index (χ1v) is 6.52. The maximum Gasteiger partial charge on any atom is 0.173 e.